The van der Waals surface area contributed by atoms with Crippen LogP contribution in [0.2, 0.25) is 0 Å². The molecule has 1 heterocycles. The second-order valence-electron chi connectivity index (χ2n) is 5.10. The van der Waals surface area contributed by atoms with Crippen LogP contribution in [0, 0.1) is 11.7 Å². The highest BCUT2D eigenvalue weighted by atomic mass is 19.1. The van der Waals surface area contributed by atoms with Gasteiger partial charge in [-0.2, -0.15) is 0 Å². The third-order valence-corrected chi connectivity index (χ3v) is 2.96. The lowest BCUT2D eigenvalue weighted by molar-refractivity contribution is 0.183. The molecule has 0 aliphatic carbocycles. The van der Waals surface area contributed by atoms with Crippen molar-refractivity contribution in [3.63, 3.8) is 0 Å². The summed E-state index contributed by atoms with van der Waals surface area (Å²) >= 11 is 0. The summed E-state index contributed by atoms with van der Waals surface area (Å²) in [4.78, 5) is 0. The Morgan fingerprint density at radius 2 is 2.16 bits per heavy atom. The van der Waals surface area contributed by atoms with Gasteiger partial charge in [-0.05, 0) is 30.7 Å². The van der Waals surface area contributed by atoms with E-state index in [1.807, 2.05) is 0 Å². The summed E-state index contributed by atoms with van der Waals surface area (Å²) in [7, 11) is 1.63. The van der Waals surface area contributed by atoms with E-state index in [1.54, 1.807) is 13.2 Å². The Labute approximate surface area is 112 Å². The Balaban J connectivity index is 2.28. The van der Waals surface area contributed by atoms with E-state index in [0.29, 0.717) is 24.7 Å². The standard InChI is InChI=1S/C15H20FNO2/c1-10(2)7-17-8-15-13(9-18-3)12-6-11(16)4-5-14(12)19-15/h4-6,10,17H,7-9H2,1-3H3. The van der Waals surface area contributed by atoms with Gasteiger partial charge in [-0.3, -0.25) is 0 Å². The summed E-state index contributed by atoms with van der Waals surface area (Å²) in [5.74, 6) is 1.14. The predicted molar refractivity (Wildman–Crippen MR) is 73.4 cm³/mol. The molecule has 1 aromatic heterocycles. The Morgan fingerprint density at radius 1 is 1.37 bits per heavy atom. The minimum Gasteiger partial charge on any atom is -0.459 e. The smallest absolute Gasteiger partial charge is 0.134 e. The summed E-state index contributed by atoms with van der Waals surface area (Å²) in [6.45, 7) is 6.27. The number of benzene rings is 1. The second-order valence-corrected chi connectivity index (χ2v) is 5.10. The minimum atomic E-state index is -0.257. The highest BCUT2D eigenvalue weighted by Crippen LogP contribution is 2.27. The number of halogens is 1. The summed E-state index contributed by atoms with van der Waals surface area (Å²) in [6, 6.07) is 4.57. The molecule has 4 heteroatoms. The van der Waals surface area contributed by atoms with E-state index in [0.717, 1.165) is 23.3 Å². The average Bonchev–Trinajstić information content (AvgIpc) is 2.68. The second kappa shape index (κ2) is 6.17. The lowest BCUT2D eigenvalue weighted by atomic mass is 10.1. The van der Waals surface area contributed by atoms with Crippen LogP contribution in [0.1, 0.15) is 25.2 Å². The fourth-order valence-corrected chi connectivity index (χ4v) is 2.09. The van der Waals surface area contributed by atoms with Crippen LogP contribution in [0.4, 0.5) is 4.39 Å². The molecule has 104 valence electrons. The topological polar surface area (TPSA) is 34.4 Å². The largest absolute Gasteiger partial charge is 0.459 e. The molecule has 0 radical (unpaired) electrons. The monoisotopic (exact) mass is 265 g/mol. The van der Waals surface area contributed by atoms with Gasteiger partial charge in [-0.25, -0.2) is 4.39 Å². The molecule has 0 aliphatic rings. The zero-order valence-corrected chi connectivity index (χ0v) is 11.6. The molecule has 0 atom stereocenters. The van der Waals surface area contributed by atoms with Crippen molar-refractivity contribution in [1.82, 2.24) is 5.32 Å². The molecule has 19 heavy (non-hydrogen) atoms. The third-order valence-electron chi connectivity index (χ3n) is 2.96. The first-order valence-electron chi connectivity index (χ1n) is 6.51. The van der Waals surface area contributed by atoms with Gasteiger partial charge in [0.1, 0.15) is 17.2 Å². The highest BCUT2D eigenvalue weighted by Gasteiger charge is 2.14. The maximum Gasteiger partial charge on any atom is 0.134 e. The first-order chi connectivity index (χ1) is 9.11. The van der Waals surface area contributed by atoms with Crippen LogP contribution in [0.15, 0.2) is 22.6 Å². The quantitative estimate of drug-likeness (QED) is 0.868. The van der Waals surface area contributed by atoms with Crippen molar-refractivity contribution in [3.05, 3.63) is 35.3 Å². The fraction of sp³-hybridized carbons (Fsp3) is 0.467. The van der Waals surface area contributed by atoms with Crippen LogP contribution >= 0.6 is 0 Å². The van der Waals surface area contributed by atoms with Crippen molar-refractivity contribution < 1.29 is 13.5 Å². The van der Waals surface area contributed by atoms with Gasteiger partial charge < -0.3 is 14.5 Å². The van der Waals surface area contributed by atoms with Crippen molar-refractivity contribution in [2.24, 2.45) is 5.92 Å². The molecule has 0 aliphatic heterocycles. The van der Waals surface area contributed by atoms with Crippen molar-refractivity contribution in [3.8, 4) is 0 Å². The number of hydrogen-bond acceptors (Lipinski definition) is 3. The number of methoxy groups -OCH3 is 1. The average molecular weight is 265 g/mol. The Morgan fingerprint density at radius 3 is 2.84 bits per heavy atom. The maximum atomic E-state index is 13.3. The molecule has 0 amide bonds. The predicted octanol–water partition coefficient (Wildman–Crippen LogP) is 3.46. The number of ether oxygens (including phenoxy) is 1. The van der Waals surface area contributed by atoms with E-state index in [9.17, 15) is 4.39 Å². The molecule has 2 aromatic rings. The van der Waals surface area contributed by atoms with Crippen LogP contribution < -0.4 is 5.32 Å². The Kier molecular flexibility index (Phi) is 4.56. The minimum absolute atomic E-state index is 0.257. The molecule has 0 unspecified atom stereocenters. The molecule has 1 aromatic carbocycles. The summed E-state index contributed by atoms with van der Waals surface area (Å²) in [5, 5.41) is 4.13. The molecule has 0 saturated carbocycles. The zero-order valence-electron chi connectivity index (χ0n) is 11.6. The van der Waals surface area contributed by atoms with Crippen molar-refractivity contribution in [2.75, 3.05) is 13.7 Å². The van der Waals surface area contributed by atoms with Crippen molar-refractivity contribution in [1.29, 1.82) is 0 Å². The number of furan rings is 1. The van der Waals surface area contributed by atoms with Gasteiger partial charge in [0, 0.05) is 18.1 Å². The van der Waals surface area contributed by atoms with E-state index < -0.39 is 0 Å². The Bertz CT molecular complexity index is 548. The van der Waals surface area contributed by atoms with Gasteiger partial charge >= 0.3 is 0 Å². The van der Waals surface area contributed by atoms with E-state index in [-0.39, 0.29) is 5.82 Å². The van der Waals surface area contributed by atoms with Gasteiger partial charge in [0.25, 0.3) is 0 Å². The molecule has 1 N–H and O–H groups in total. The number of rotatable bonds is 6. The highest BCUT2D eigenvalue weighted by molar-refractivity contribution is 5.82. The molecular formula is C15H20FNO2. The first kappa shape index (κ1) is 14.0. The molecule has 0 saturated heterocycles. The number of fused-ring (bicyclic) bond motifs is 1. The van der Waals surface area contributed by atoms with Crippen LogP contribution in [-0.4, -0.2) is 13.7 Å². The van der Waals surface area contributed by atoms with Crippen molar-refractivity contribution in [2.45, 2.75) is 27.0 Å². The summed E-state index contributed by atoms with van der Waals surface area (Å²) < 4.78 is 24.3. The van der Waals surface area contributed by atoms with Gasteiger partial charge in [0.05, 0.1) is 13.2 Å². The third kappa shape index (κ3) is 3.33. The molecular weight excluding hydrogens is 245 g/mol. The molecule has 0 bridgehead atoms. The number of hydrogen-bond donors (Lipinski definition) is 1. The van der Waals surface area contributed by atoms with E-state index in [1.165, 1.54) is 12.1 Å². The molecule has 3 nitrogen and oxygen atoms in total. The van der Waals surface area contributed by atoms with Crippen LogP contribution in [0.3, 0.4) is 0 Å². The van der Waals surface area contributed by atoms with Crippen molar-refractivity contribution >= 4 is 11.0 Å². The van der Waals surface area contributed by atoms with E-state index in [4.69, 9.17) is 9.15 Å². The van der Waals surface area contributed by atoms with Crippen LogP contribution in [-0.2, 0) is 17.9 Å². The summed E-state index contributed by atoms with van der Waals surface area (Å²) in [6.07, 6.45) is 0. The van der Waals surface area contributed by atoms with E-state index >= 15 is 0 Å². The van der Waals surface area contributed by atoms with Crippen LogP contribution in [0.25, 0.3) is 11.0 Å². The lowest BCUT2D eigenvalue weighted by Crippen LogP contribution is -2.19. The van der Waals surface area contributed by atoms with Gasteiger partial charge in [-0.1, -0.05) is 13.8 Å². The maximum absolute atomic E-state index is 13.3. The van der Waals surface area contributed by atoms with E-state index in [2.05, 4.69) is 19.2 Å². The zero-order chi connectivity index (χ0) is 13.8. The van der Waals surface area contributed by atoms with Gasteiger partial charge in [-0.15, -0.1) is 0 Å². The SMILES string of the molecule is COCc1c(CNCC(C)C)oc2ccc(F)cc12. The fourth-order valence-electron chi connectivity index (χ4n) is 2.09. The lowest BCUT2D eigenvalue weighted by Gasteiger charge is -2.07. The molecule has 2 rings (SSSR count). The van der Waals surface area contributed by atoms with Gasteiger partial charge in [0.15, 0.2) is 0 Å². The Hall–Kier alpha value is -1.39. The summed E-state index contributed by atoms with van der Waals surface area (Å²) in [5.41, 5.74) is 1.63. The normalized spacial score (nSPS) is 11.6. The van der Waals surface area contributed by atoms with Gasteiger partial charge in [0.2, 0.25) is 0 Å². The molecule has 0 fully saturated rings. The van der Waals surface area contributed by atoms with Crippen LogP contribution in [0.5, 0.6) is 0 Å². The molecule has 0 spiro atoms. The first-order valence-corrected chi connectivity index (χ1v) is 6.51. The number of nitrogens with one attached hydrogen (secondary N) is 1.